The van der Waals surface area contributed by atoms with Gasteiger partial charge in [0.1, 0.15) is 23.0 Å². The van der Waals surface area contributed by atoms with Crippen molar-refractivity contribution in [1.82, 2.24) is 0 Å². The first-order valence-corrected chi connectivity index (χ1v) is 6.51. The number of rotatable bonds is 5. The zero-order chi connectivity index (χ0) is 16.1. The zero-order valence-corrected chi connectivity index (χ0v) is 12.2. The summed E-state index contributed by atoms with van der Waals surface area (Å²) in [6.45, 7) is 0. The van der Waals surface area contributed by atoms with Crippen molar-refractivity contribution in [3.05, 3.63) is 53.6 Å². The van der Waals surface area contributed by atoms with E-state index < -0.39 is 0 Å². The Morgan fingerprint density at radius 2 is 1.82 bits per heavy atom. The first-order chi connectivity index (χ1) is 10.5. The topological polar surface area (TPSA) is 76.0 Å². The van der Waals surface area contributed by atoms with Crippen LogP contribution in [-0.4, -0.2) is 30.2 Å². The van der Waals surface area contributed by atoms with E-state index in [1.807, 2.05) is 0 Å². The highest BCUT2D eigenvalue weighted by Crippen LogP contribution is 2.27. The van der Waals surface area contributed by atoms with Crippen LogP contribution in [-0.2, 0) is 0 Å². The number of ether oxygens (including phenoxy) is 2. The Bertz CT molecular complexity index is 719. The van der Waals surface area contributed by atoms with E-state index >= 15 is 0 Å². The van der Waals surface area contributed by atoms with Gasteiger partial charge in [0, 0.05) is 11.6 Å². The number of ketones is 1. The Labute approximate surface area is 128 Å². The molecule has 0 fully saturated rings. The molecule has 0 heterocycles. The van der Waals surface area contributed by atoms with E-state index in [1.165, 1.54) is 44.6 Å². The SMILES string of the molecule is COc1ccc(C(=O)C=Cc2cc(O)ccc2O)c(OC)c1. The maximum absolute atomic E-state index is 12.2. The second-order valence-corrected chi connectivity index (χ2v) is 4.51. The van der Waals surface area contributed by atoms with Crippen LogP contribution in [0.15, 0.2) is 42.5 Å². The lowest BCUT2D eigenvalue weighted by Crippen LogP contribution is -1.99. The number of allylic oxidation sites excluding steroid dienone is 1. The first kappa shape index (κ1) is 15.4. The first-order valence-electron chi connectivity index (χ1n) is 6.51. The van der Waals surface area contributed by atoms with Gasteiger partial charge in [-0.3, -0.25) is 4.79 Å². The molecule has 0 aliphatic rings. The lowest BCUT2D eigenvalue weighted by Gasteiger charge is -2.08. The van der Waals surface area contributed by atoms with Crippen LogP contribution >= 0.6 is 0 Å². The summed E-state index contributed by atoms with van der Waals surface area (Å²) in [6.07, 6.45) is 2.74. The van der Waals surface area contributed by atoms with Gasteiger partial charge in [0.15, 0.2) is 5.78 Å². The van der Waals surface area contributed by atoms with Crippen LogP contribution in [0.4, 0.5) is 0 Å². The predicted octanol–water partition coefficient (Wildman–Crippen LogP) is 3.01. The number of carbonyl (C=O) groups is 1. The van der Waals surface area contributed by atoms with Gasteiger partial charge in [-0.1, -0.05) is 0 Å². The van der Waals surface area contributed by atoms with Crippen LogP contribution < -0.4 is 9.47 Å². The second kappa shape index (κ2) is 6.67. The molecule has 0 bridgehead atoms. The van der Waals surface area contributed by atoms with E-state index in [0.29, 0.717) is 22.6 Å². The molecule has 22 heavy (non-hydrogen) atoms. The van der Waals surface area contributed by atoms with Gasteiger partial charge in [0.05, 0.1) is 19.8 Å². The van der Waals surface area contributed by atoms with Gasteiger partial charge in [0.2, 0.25) is 0 Å². The van der Waals surface area contributed by atoms with Gasteiger partial charge in [-0.25, -0.2) is 0 Å². The summed E-state index contributed by atoms with van der Waals surface area (Å²) < 4.78 is 10.3. The molecule has 0 spiro atoms. The van der Waals surface area contributed by atoms with Crippen molar-refractivity contribution in [3.63, 3.8) is 0 Å². The van der Waals surface area contributed by atoms with Gasteiger partial charge < -0.3 is 19.7 Å². The minimum absolute atomic E-state index is 0.00641. The van der Waals surface area contributed by atoms with Crippen LogP contribution in [0.2, 0.25) is 0 Å². The maximum atomic E-state index is 12.2. The second-order valence-electron chi connectivity index (χ2n) is 4.51. The number of phenolic OH excluding ortho intramolecular Hbond substituents is 2. The Morgan fingerprint density at radius 3 is 2.50 bits per heavy atom. The summed E-state index contributed by atoms with van der Waals surface area (Å²) in [4.78, 5) is 12.2. The van der Waals surface area contributed by atoms with Crippen molar-refractivity contribution in [3.8, 4) is 23.0 Å². The van der Waals surface area contributed by atoms with Gasteiger partial charge in [-0.05, 0) is 42.5 Å². The fourth-order valence-electron chi connectivity index (χ4n) is 1.93. The third-order valence-corrected chi connectivity index (χ3v) is 3.10. The average molecular weight is 300 g/mol. The molecule has 2 aromatic rings. The summed E-state index contributed by atoms with van der Waals surface area (Å²) in [5.41, 5.74) is 0.722. The molecule has 0 radical (unpaired) electrons. The Morgan fingerprint density at radius 1 is 1.05 bits per heavy atom. The number of aromatic hydroxyl groups is 2. The van der Waals surface area contributed by atoms with Crippen molar-refractivity contribution < 1.29 is 24.5 Å². The summed E-state index contributed by atoms with van der Waals surface area (Å²) in [7, 11) is 3.00. The molecule has 0 unspecified atom stereocenters. The van der Waals surface area contributed by atoms with Crippen LogP contribution in [0.25, 0.3) is 6.08 Å². The quantitative estimate of drug-likeness (QED) is 0.504. The molecule has 0 atom stereocenters. The van der Waals surface area contributed by atoms with Crippen LogP contribution in [0.1, 0.15) is 15.9 Å². The fraction of sp³-hybridized carbons (Fsp3) is 0.118. The number of benzene rings is 2. The molecule has 0 amide bonds. The molecule has 2 rings (SSSR count). The van der Waals surface area contributed by atoms with E-state index in [-0.39, 0.29) is 17.3 Å². The largest absolute Gasteiger partial charge is 0.508 e. The molecular formula is C17H16O5. The smallest absolute Gasteiger partial charge is 0.189 e. The number of phenols is 2. The van der Waals surface area contributed by atoms with Gasteiger partial charge in [-0.15, -0.1) is 0 Å². The Hall–Kier alpha value is -2.95. The third-order valence-electron chi connectivity index (χ3n) is 3.10. The molecule has 0 aliphatic heterocycles. The minimum atomic E-state index is -0.290. The molecule has 0 aromatic heterocycles. The summed E-state index contributed by atoms with van der Waals surface area (Å²) in [5.74, 6) is 0.676. The Kier molecular flexibility index (Phi) is 4.68. The fourth-order valence-corrected chi connectivity index (χ4v) is 1.93. The zero-order valence-electron chi connectivity index (χ0n) is 12.2. The van der Waals surface area contributed by atoms with Crippen molar-refractivity contribution >= 4 is 11.9 Å². The Balaban J connectivity index is 2.29. The van der Waals surface area contributed by atoms with Crippen LogP contribution in [0.3, 0.4) is 0 Å². The molecular weight excluding hydrogens is 284 g/mol. The predicted molar refractivity (Wildman–Crippen MR) is 82.7 cm³/mol. The number of carbonyl (C=O) groups excluding carboxylic acids is 1. The average Bonchev–Trinajstić information content (AvgIpc) is 2.54. The van der Waals surface area contributed by atoms with Gasteiger partial charge in [0.25, 0.3) is 0 Å². The van der Waals surface area contributed by atoms with E-state index in [2.05, 4.69) is 0 Å². The third kappa shape index (κ3) is 3.38. The van der Waals surface area contributed by atoms with Crippen molar-refractivity contribution in [2.75, 3.05) is 14.2 Å². The molecule has 2 N–H and O–H groups in total. The van der Waals surface area contributed by atoms with Crippen molar-refractivity contribution in [1.29, 1.82) is 0 Å². The standard InChI is InChI=1S/C17H16O5/c1-21-13-5-6-14(17(10-13)22-2)16(20)7-3-11-9-12(18)4-8-15(11)19/h3-10,18-19H,1-2H3. The number of hydrogen-bond donors (Lipinski definition) is 2. The lowest BCUT2D eigenvalue weighted by molar-refractivity contribution is 0.104. The van der Waals surface area contributed by atoms with E-state index in [1.54, 1.807) is 18.2 Å². The summed E-state index contributed by atoms with van der Waals surface area (Å²) in [6, 6.07) is 8.97. The minimum Gasteiger partial charge on any atom is -0.508 e. The molecule has 5 nitrogen and oxygen atoms in total. The highest BCUT2D eigenvalue weighted by Gasteiger charge is 2.11. The summed E-state index contributed by atoms with van der Waals surface area (Å²) >= 11 is 0. The van der Waals surface area contributed by atoms with E-state index in [0.717, 1.165) is 0 Å². The maximum Gasteiger partial charge on any atom is 0.189 e. The monoisotopic (exact) mass is 300 g/mol. The van der Waals surface area contributed by atoms with E-state index in [4.69, 9.17) is 9.47 Å². The molecule has 0 aliphatic carbocycles. The summed E-state index contributed by atoms with van der Waals surface area (Å²) in [5, 5.41) is 19.1. The number of hydrogen-bond acceptors (Lipinski definition) is 5. The van der Waals surface area contributed by atoms with Gasteiger partial charge in [-0.2, -0.15) is 0 Å². The number of methoxy groups -OCH3 is 2. The molecule has 2 aromatic carbocycles. The van der Waals surface area contributed by atoms with Crippen LogP contribution in [0.5, 0.6) is 23.0 Å². The molecule has 5 heteroatoms. The molecule has 114 valence electrons. The normalized spacial score (nSPS) is 10.6. The highest BCUT2D eigenvalue weighted by atomic mass is 16.5. The van der Waals surface area contributed by atoms with Crippen molar-refractivity contribution in [2.45, 2.75) is 0 Å². The van der Waals surface area contributed by atoms with Crippen molar-refractivity contribution in [2.24, 2.45) is 0 Å². The molecule has 0 saturated heterocycles. The van der Waals surface area contributed by atoms with E-state index in [9.17, 15) is 15.0 Å². The van der Waals surface area contributed by atoms with Gasteiger partial charge >= 0.3 is 0 Å². The lowest BCUT2D eigenvalue weighted by atomic mass is 10.1. The molecule has 0 saturated carbocycles. The highest BCUT2D eigenvalue weighted by molar-refractivity contribution is 6.08. The van der Waals surface area contributed by atoms with Crippen LogP contribution in [0, 0.1) is 0 Å².